The number of aromatic hydroxyl groups is 1. The van der Waals surface area contributed by atoms with E-state index in [1.54, 1.807) is 11.0 Å². The van der Waals surface area contributed by atoms with E-state index >= 15 is 0 Å². The van der Waals surface area contributed by atoms with E-state index < -0.39 is 6.10 Å². The minimum Gasteiger partial charge on any atom is -0.506 e. The number of β-amino-alcohol motifs (C(OH)–C–C–N with tert-alkyl or cyclic N) is 1. The number of hydrogen-bond donors (Lipinski definition) is 2. The first-order valence-corrected chi connectivity index (χ1v) is 8.34. The van der Waals surface area contributed by atoms with Crippen LogP contribution in [-0.2, 0) is 4.79 Å². The average molecular weight is 392 g/mol. The molecule has 1 atom stereocenters. The van der Waals surface area contributed by atoms with Gasteiger partial charge in [-0.25, -0.2) is 0 Å². The van der Waals surface area contributed by atoms with Crippen molar-refractivity contribution in [2.75, 3.05) is 50.7 Å². The van der Waals surface area contributed by atoms with Crippen molar-refractivity contribution in [2.45, 2.75) is 18.9 Å². The van der Waals surface area contributed by atoms with Gasteiger partial charge in [0.1, 0.15) is 5.75 Å². The van der Waals surface area contributed by atoms with Crippen LogP contribution in [-0.4, -0.2) is 77.8 Å². The number of para-hydroxylation sites is 2. The zero-order chi connectivity index (χ0) is 16.2. The van der Waals surface area contributed by atoms with Crippen molar-refractivity contribution < 1.29 is 15.0 Å². The molecule has 2 N–H and O–H groups in total. The fraction of sp³-hybridized carbons (Fsp3) is 0.588. The van der Waals surface area contributed by atoms with E-state index in [0.717, 1.165) is 44.8 Å². The van der Waals surface area contributed by atoms with Crippen molar-refractivity contribution in [3.63, 3.8) is 0 Å². The summed E-state index contributed by atoms with van der Waals surface area (Å²) in [7, 11) is 0. The molecule has 1 aromatic rings. The molecule has 2 saturated heterocycles. The van der Waals surface area contributed by atoms with Gasteiger partial charge in [0, 0.05) is 52.2 Å². The Bertz CT molecular complexity index is 554. The molecular weight excluding hydrogens is 365 g/mol. The summed E-state index contributed by atoms with van der Waals surface area (Å²) in [5, 5.41) is 20.1. The van der Waals surface area contributed by atoms with Crippen LogP contribution in [0.2, 0.25) is 0 Å². The Morgan fingerprint density at radius 3 is 2.28 bits per heavy atom. The van der Waals surface area contributed by atoms with Crippen molar-refractivity contribution >= 4 is 36.4 Å². The van der Waals surface area contributed by atoms with Crippen LogP contribution in [0.25, 0.3) is 0 Å². The van der Waals surface area contributed by atoms with Crippen LogP contribution < -0.4 is 4.90 Å². The number of likely N-dealkylation sites (tertiary alicyclic amines) is 1. The monoisotopic (exact) mass is 391 g/mol. The summed E-state index contributed by atoms with van der Waals surface area (Å²) in [5.74, 6) is 0.474. The normalized spacial score (nSPS) is 19.3. The molecular formula is C17H27Cl2N3O3. The highest BCUT2D eigenvalue weighted by Gasteiger charge is 2.25. The number of aliphatic hydroxyl groups is 1. The molecule has 0 unspecified atom stereocenters. The molecule has 0 radical (unpaired) electrons. The smallest absolute Gasteiger partial charge is 0.222 e. The third-order valence-corrected chi connectivity index (χ3v) is 4.67. The van der Waals surface area contributed by atoms with Gasteiger partial charge in [0.25, 0.3) is 0 Å². The van der Waals surface area contributed by atoms with Crippen LogP contribution >= 0.6 is 24.8 Å². The van der Waals surface area contributed by atoms with Crippen molar-refractivity contribution in [3.8, 4) is 5.75 Å². The third-order valence-electron chi connectivity index (χ3n) is 4.67. The lowest BCUT2D eigenvalue weighted by Crippen LogP contribution is -2.50. The minimum absolute atomic E-state index is 0. The Labute approximate surface area is 161 Å². The van der Waals surface area contributed by atoms with Crippen LogP contribution in [0.4, 0.5) is 5.69 Å². The van der Waals surface area contributed by atoms with E-state index in [1.807, 2.05) is 18.2 Å². The Hall–Kier alpha value is -1.21. The van der Waals surface area contributed by atoms with Crippen LogP contribution in [0.5, 0.6) is 5.75 Å². The number of hydrogen-bond acceptors (Lipinski definition) is 5. The highest BCUT2D eigenvalue weighted by atomic mass is 35.5. The maximum Gasteiger partial charge on any atom is 0.222 e. The maximum atomic E-state index is 11.6. The van der Waals surface area contributed by atoms with Crippen molar-refractivity contribution in [3.05, 3.63) is 24.3 Å². The zero-order valence-electron chi connectivity index (χ0n) is 14.2. The summed E-state index contributed by atoms with van der Waals surface area (Å²) in [6.45, 7) is 5.16. The number of carbonyl (C=O) groups excluding carboxylic acids is 1. The van der Waals surface area contributed by atoms with Crippen LogP contribution in [0, 0.1) is 0 Å². The number of carbonyl (C=O) groups is 1. The number of anilines is 1. The second kappa shape index (κ2) is 10.1. The highest BCUT2D eigenvalue weighted by molar-refractivity contribution is 5.85. The predicted octanol–water partition coefficient (Wildman–Crippen LogP) is 1.34. The van der Waals surface area contributed by atoms with E-state index in [1.165, 1.54) is 0 Å². The first-order valence-electron chi connectivity index (χ1n) is 8.34. The standard InChI is InChI=1S/C17H25N3O3.2ClH/c21-14(13-20-7-3-6-17(20)23)12-18-8-10-19(11-9-18)15-4-1-2-5-16(15)22;;/h1-2,4-5,14,21-22H,3,6-13H2;2*1H/t14-;;/m0../s1. The summed E-state index contributed by atoms with van der Waals surface area (Å²) in [5.41, 5.74) is 0.871. The van der Waals surface area contributed by atoms with Gasteiger partial charge in [-0.15, -0.1) is 24.8 Å². The van der Waals surface area contributed by atoms with Crippen molar-refractivity contribution in [1.82, 2.24) is 9.80 Å². The summed E-state index contributed by atoms with van der Waals surface area (Å²) in [6, 6.07) is 7.39. The number of aliphatic hydroxyl groups excluding tert-OH is 1. The molecule has 0 aromatic heterocycles. The van der Waals surface area contributed by atoms with Crippen LogP contribution in [0.1, 0.15) is 12.8 Å². The molecule has 142 valence electrons. The lowest BCUT2D eigenvalue weighted by atomic mass is 10.2. The maximum absolute atomic E-state index is 11.6. The molecule has 2 heterocycles. The lowest BCUT2D eigenvalue weighted by molar-refractivity contribution is -0.129. The molecule has 0 spiro atoms. The van der Waals surface area contributed by atoms with Gasteiger partial charge < -0.3 is 20.0 Å². The number of halogens is 2. The topological polar surface area (TPSA) is 67.3 Å². The quantitative estimate of drug-likeness (QED) is 0.792. The molecule has 6 nitrogen and oxygen atoms in total. The summed E-state index contributed by atoms with van der Waals surface area (Å²) < 4.78 is 0. The number of amides is 1. The fourth-order valence-corrected chi connectivity index (χ4v) is 3.41. The molecule has 2 aliphatic rings. The second-order valence-electron chi connectivity index (χ2n) is 6.37. The Balaban J connectivity index is 0.00000156. The molecule has 25 heavy (non-hydrogen) atoms. The van der Waals surface area contributed by atoms with Gasteiger partial charge in [0.05, 0.1) is 11.8 Å². The SMILES string of the molecule is Cl.Cl.O=C1CCCN1C[C@@H](O)CN1CCN(c2ccccc2O)CC1. The van der Waals surface area contributed by atoms with Crippen molar-refractivity contribution in [2.24, 2.45) is 0 Å². The fourth-order valence-electron chi connectivity index (χ4n) is 3.41. The van der Waals surface area contributed by atoms with Gasteiger partial charge in [-0.05, 0) is 18.6 Å². The van der Waals surface area contributed by atoms with Gasteiger partial charge in [-0.1, -0.05) is 12.1 Å². The molecule has 8 heteroatoms. The predicted molar refractivity (Wildman–Crippen MR) is 103 cm³/mol. The number of phenolic OH excluding ortho intramolecular Hbond substituents is 1. The lowest BCUT2D eigenvalue weighted by Gasteiger charge is -2.37. The zero-order valence-corrected chi connectivity index (χ0v) is 15.8. The second-order valence-corrected chi connectivity index (χ2v) is 6.37. The highest BCUT2D eigenvalue weighted by Crippen LogP contribution is 2.27. The molecule has 2 aliphatic heterocycles. The summed E-state index contributed by atoms with van der Waals surface area (Å²) >= 11 is 0. The average Bonchev–Trinajstić information content (AvgIpc) is 2.94. The number of piperazine rings is 1. The summed E-state index contributed by atoms with van der Waals surface area (Å²) in [4.78, 5) is 17.8. The third kappa shape index (κ3) is 5.64. The van der Waals surface area contributed by atoms with Crippen LogP contribution in [0.15, 0.2) is 24.3 Å². The molecule has 0 bridgehead atoms. The number of benzene rings is 1. The van der Waals surface area contributed by atoms with Gasteiger partial charge >= 0.3 is 0 Å². The molecule has 3 rings (SSSR count). The van der Waals surface area contributed by atoms with E-state index in [2.05, 4.69) is 9.80 Å². The Kier molecular flexibility index (Phi) is 8.79. The number of phenols is 1. The van der Waals surface area contributed by atoms with Gasteiger partial charge in [-0.3, -0.25) is 9.69 Å². The van der Waals surface area contributed by atoms with Crippen molar-refractivity contribution in [1.29, 1.82) is 0 Å². The van der Waals surface area contributed by atoms with Gasteiger partial charge in [-0.2, -0.15) is 0 Å². The number of rotatable bonds is 5. The molecule has 1 aromatic carbocycles. The Morgan fingerprint density at radius 1 is 1.00 bits per heavy atom. The first kappa shape index (κ1) is 21.8. The Morgan fingerprint density at radius 2 is 1.68 bits per heavy atom. The van der Waals surface area contributed by atoms with E-state index in [-0.39, 0.29) is 30.7 Å². The molecule has 0 aliphatic carbocycles. The minimum atomic E-state index is -0.492. The largest absolute Gasteiger partial charge is 0.506 e. The van der Waals surface area contributed by atoms with E-state index in [9.17, 15) is 15.0 Å². The van der Waals surface area contributed by atoms with Gasteiger partial charge in [0.15, 0.2) is 0 Å². The van der Waals surface area contributed by atoms with Gasteiger partial charge in [0.2, 0.25) is 5.91 Å². The number of nitrogens with zero attached hydrogens (tertiary/aromatic N) is 3. The molecule has 0 saturated carbocycles. The molecule has 2 fully saturated rings. The van der Waals surface area contributed by atoms with E-state index in [0.29, 0.717) is 25.3 Å². The summed E-state index contributed by atoms with van der Waals surface area (Å²) in [6.07, 6.45) is 1.03. The first-order chi connectivity index (χ1) is 11.1. The molecule has 1 amide bonds. The van der Waals surface area contributed by atoms with Crippen LogP contribution in [0.3, 0.4) is 0 Å². The van der Waals surface area contributed by atoms with E-state index in [4.69, 9.17) is 0 Å².